The van der Waals surface area contributed by atoms with Crippen LogP contribution in [0.15, 0.2) is 24.4 Å². The van der Waals surface area contributed by atoms with Crippen molar-refractivity contribution in [3.8, 4) is 0 Å². The Balaban J connectivity index is 1.91. The average Bonchev–Trinajstić information content (AvgIpc) is 2.25. The van der Waals surface area contributed by atoms with Crippen LogP contribution in [0.4, 0.5) is 0 Å². The molecule has 0 N–H and O–H groups in total. The SMILES string of the molecule is CC1CCN(Cc2ccccn2)CC1Br. The van der Waals surface area contributed by atoms with Crippen molar-refractivity contribution in [1.29, 1.82) is 0 Å². The lowest BCUT2D eigenvalue weighted by Gasteiger charge is -2.33. The van der Waals surface area contributed by atoms with Gasteiger partial charge in [0.05, 0.1) is 5.69 Å². The van der Waals surface area contributed by atoms with E-state index in [4.69, 9.17) is 0 Å². The van der Waals surface area contributed by atoms with Gasteiger partial charge in [-0.15, -0.1) is 0 Å². The Labute approximate surface area is 99.8 Å². The van der Waals surface area contributed by atoms with Gasteiger partial charge in [0.2, 0.25) is 0 Å². The fourth-order valence-corrected chi connectivity index (χ4v) is 2.62. The molecule has 2 heterocycles. The Morgan fingerprint density at radius 1 is 1.53 bits per heavy atom. The van der Waals surface area contributed by atoms with E-state index in [2.05, 4.69) is 44.9 Å². The van der Waals surface area contributed by atoms with Crippen LogP contribution in [0.2, 0.25) is 0 Å². The second kappa shape index (κ2) is 5.08. The molecule has 2 atom stereocenters. The first-order valence-electron chi connectivity index (χ1n) is 5.52. The van der Waals surface area contributed by atoms with Crippen LogP contribution in [-0.2, 0) is 6.54 Å². The van der Waals surface area contributed by atoms with Gasteiger partial charge in [0.1, 0.15) is 0 Å². The molecule has 82 valence electrons. The van der Waals surface area contributed by atoms with Gasteiger partial charge in [0.25, 0.3) is 0 Å². The van der Waals surface area contributed by atoms with Gasteiger partial charge in [0.15, 0.2) is 0 Å². The van der Waals surface area contributed by atoms with Crippen LogP contribution in [0.5, 0.6) is 0 Å². The van der Waals surface area contributed by atoms with Gasteiger partial charge >= 0.3 is 0 Å². The molecule has 0 spiro atoms. The fourth-order valence-electron chi connectivity index (χ4n) is 1.95. The number of rotatable bonds is 2. The molecule has 0 aromatic carbocycles. The maximum Gasteiger partial charge on any atom is 0.0543 e. The van der Waals surface area contributed by atoms with Crippen molar-refractivity contribution in [3.05, 3.63) is 30.1 Å². The van der Waals surface area contributed by atoms with E-state index in [-0.39, 0.29) is 0 Å². The van der Waals surface area contributed by atoms with E-state index in [1.165, 1.54) is 18.7 Å². The highest BCUT2D eigenvalue weighted by Gasteiger charge is 2.23. The van der Waals surface area contributed by atoms with Crippen molar-refractivity contribution in [2.75, 3.05) is 13.1 Å². The number of aromatic nitrogens is 1. The Kier molecular flexibility index (Phi) is 3.76. The van der Waals surface area contributed by atoms with Crippen molar-refractivity contribution in [2.45, 2.75) is 24.7 Å². The minimum absolute atomic E-state index is 0.634. The summed E-state index contributed by atoms with van der Waals surface area (Å²) in [6, 6.07) is 6.12. The number of hydrogen-bond acceptors (Lipinski definition) is 2. The molecule has 15 heavy (non-hydrogen) atoms. The monoisotopic (exact) mass is 268 g/mol. The second-order valence-corrected chi connectivity index (χ2v) is 5.51. The molecule has 0 amide bonds. The number of hydrogen-bond donors (Lipinski definition) is 0. The van der Waals surface area contributed by atoms with Gasteiger partial charge < -0.3 is 0 Å². The number of nitrogens with zero attached hydrogens (tertiary/aromatic N) is 2. The van der Waals surface area contributed by atoms with Crippen LogP contribution >= 0.6 is 15.9 Å². The maximum absolute atomic E-state index is 4.36. The molecule has 0 aliphatic carbocycles. The molecule has 3 heteroatoms. The van der Waals surface area contributed by atoms with Gasteiger partial charge in [-0.2, -0.15) is 0 Å². The smallest absolute Gasteiger partial charge is 0.0543 e. The highest BCUT2D eigenvalue weighted by molar-refractivity contribution is 9.09. The molecule has 1 aliphatic heterocycles. The van der Waals surface area contributed by atoms with Crippen LogP contribution in [0.1, 0.15) is 19.0 Å². The minimum Gasteiger partial charge on any atom is -0.296 e. The normalized spacial score (nSPS) is 27.9. The zero-order chi connectivity index (χ0) is 10.7. The summed E-state index contributed by atoms with van der Waals surface area (Å²) in [4.78, 5) is 7.47. The predicted molar refractivity (Wildman–Crippen MR) is 66.0 cm³/mol. The summed E-state index contributed by atoms with van der Waals surface area (Å²) < 4.78 is 0. The first kappa shape index (κ1) is 11.1. The quantitative estimate of drug-likeness (QED) is 0.767. The first-order chi connectivity index (χ1) is 7.25. The number of likely N-dealkylation sites (tertiary alicyclic amines) is 1. The predicted octanol–water partition coefficient (Wildman–Crippen LogP) is 2.69. The Bertz CT molecular complexity index is 302. The van der Waals surface area contributed by atoms with Gasteiger partial charge in [-0.25, -0.2) is 0 Å². The summed E-state index contributed by atoms with van der Waals surface area (Å²) in [6.07, 6.45) is 3.15. The number of piperidine rings is 1. The molecule has 0 bridgehead atoms. The fraction of sp³-hybridized carbons (Fsp3) is 0.583. The second-order valence-electron chi connectivity index (χ2n) is 4.34. The Hall–Kier alpha value is -0.410. The summed E-state index contributed by atoms with van der Waals surface area (Å²) in [5.41, 5.74) is 1.17. The molecular formula is C12H17BrN2. The summed E-state index contributed by atoms with van der Waals surface area (Å²) >= 11 is 3.75. The standard InChI is InChI=1S/C12H17BrN2/c1-10-5-7-15(9-12(10)13)8-11-4-2-3-6-14-11/h2-4,6,10,12H,5,7-9H2,1H3. The topological polar surface area (TPSA) is 16.1 Å². The first-order valence-corrected chi connectivity index (χ1v) is 6.43. The highest BCUT2D eigenvalue weighted by Crippen LogP contribution is 2.23. The molecule has 1 fully saturated rings. The molecule has 0 radical (unpaired) electrons. The molecule has 1 saturated heterocycles. The zero-order valence-electron chi connectivity index (χ0n) is 9.06. The summed E-state index contributed by atoms with van der Waals surface area (Å²) in [5.74, 6) is 0.796. The third-order valence-electron chi connectivity index (χ3n) is 3.06. The number of pyridine rings is 1. The lowest BCUT2D eigenvalue weighted by atomic mass is 9.99. The Morgan fingerprint density at radius 3 is 3.07 bits per heavy atom. The van der Waals surface area contributed by atoms with Gasteiger partial charge in [0, 0.05) is 24.1 Å². The van der Waals surface area contributed by atoms with Gasteiger partial charge in [-0.1, -0.05) is 28.9 Å². The molecule has 1 aliphatic rings. The van der Waals surface area contributed by atoms with Crippen molar-refractivity contribution < 1.29 is 0 Å². The van der Waals surface area contributed by atoms with Crippen molar-refractivity contribution in [3.63, 3.8) is 0 Å². The molecule has 2 rings (SSSR count). The Morgan fingerprint density at radius 2 is 2.40 bits per heavy atom. The third kappa shape index (κ3) is 3.02. The third-order valence-corrected chi connectivity index (χ3v) is 4.25. The summed E-state index contributed by atoms with van der Waals surface area (Å²) in [7, 11) is 0. The number of halogens is 1. The van der Waals surface area contributed by atoms with Gasteiger partial charge in [-0.05, 0) is 31.0 Å². The summed E-state index contributed by atoms with van der Waals surface area (Å²) in [6.45, 7) is 5.63. The van der Waals surface area contributed by atoms with Crippen LogP contribution in [0.25, 0.3) is 0 Å². The summed E-state index contributed by atoms with van der Waals surface area (Å²) in [5, 5.41) is 0. The molecular weight excluding hydrogens is 252 g/mol. The van der Waals surface area contributed by atoms with Crippen molar-refractivity contribution >= 4 is 15.9 Å². The van der Waals surface area contributed by atoms with Crippen molar-refractivity contribution in [2.24, 2.45) is 5.92 Å². The van der Waals surface area contributed by atoms with E-state index in [1.807, 2.05) is 12.3 Å². The lowest BCUT2D eigenvalue weighted by Crippen LogP contribution is -2.39. The van der Waals surface area contributed by atoms with E-state index in [9.17, 15) is 0 Å². The van der Waals surface area contributed by atoms with E-state index >= 15 is 0 Å². The van der Waals surface area contributed by atoms with Crippen LogP contribution in [0.3, 0.4) is 0 Å². The largest absolute Gasteiger partial charge is 0.296 e. The zero-order valence-corrected chi connectivity index (χ0v) is 10.7. The molecule has 2 unspecified atom stereocenters. The average molecular weight is 269 g/mol. The molecule has 2 nitrogen and oxygen atoms in total. The van der Waals surface area contributed by atoms with E-state index in [0.29, 0.717) is 4.83 Å². The van der Waals surface area contributed by atoms with Crippen LogP contribution < -0.4 is 0 Å². The molecule has 0 saturated carbocycles. The molecule has 1 aromatic heterocycles. The lowest BCUT2D eigenvalue weighted by molar-refractivity contribution is 0.192. The van der Waals surface area contributed by atoms with Crippen LogP contribution in [-0.4, -0.2) is 27.8 Å². The van der Waals surface area contributed by atoms with Crippen molar-refractivity contribution in [1.82, 2.24) is 9.88 Å². The maximum atomic E-state index is 4.36. The van der Waals surface area contributed by atoms with Gasteiger partial charge in [-0.3, -0.25) is 9.88 Å². The number of alkyl halides is 1. The highest BCUT2D eigenvalue weighted by atomic mass is 79.9. The van der Waals surface area contributed by atoms with E-state index in [1.54, 1.807) is 0 Å². The van der Waals surface area contributed by atoms with E-state index in [0.717, 1.165) is 19.0 Å². The van der Waals surface area contributed by atoms with E-state index < -0.39 is 0 Å². The van der Waals surface area contributed by atoms with Crippen LogP contribution in [0, 0.1) is 5.92 Å². The minimum atomic E-state index is 0.634. The molecule has 1 aromatic rings.